The van der Waals surface area contributed by atoms with Crippen LogP contribution in [0.4, 0.5) is 14.5 Å². The van der Waals surface area contributed by atoms with Crippen LogP contribution in [-0.4, -0.2) is 13.4 Å². The maximum absolute atomic E-state index is 13.7. The average molecular weight is 413 g/mol. The maximum Gasteiger partial charge on any atom is 0.271 e. The number of rotatable bonds is 4. The molecule has 3 N–H and O–H groups in total. The highest BCUT2D eigenvalue weighted by atomic mass is 79.9. The molecule has 0 saturated heterocycles. The van der Waals surface area contributed by atoms with E-state index in [2.05, 4.69) is 20.7 Å². The SMILES string of the molecule is NC(=S)c1ccc(S(=O)(=O)Nc2c(F)cc(F)cc2Br)s1. The summed E-state index contributed by atoms with van der Waals surface area (Å²) in [6, 6.07) is 4.29. The Morgan fingerprint density at radius 1 is 1.33 bits per heavy atom. The second kappa shape index (κ2) is 5.95. The number of hydrogen-bond acceptors (Lipinski definition) is 4. The number of nitrogens with one attached hydrogen (secondary N) is 1. The molecule has 1 aromatic carbocycles. The average Bonchev–Trinajstić information content (AvgIpc) is 2.84. The highest BCUT2D eigenvalue weighted by Crippen LogP contribution is 2.30. The molecule has 1 aromatic heterocycles. The van der Waals surface area contributed by atoms with E-state index in [0.29, 0.717) is 10.9 Å². The van der Waals surface area contributed by atoms with Gasteiger partial charge in [0.2, 0.25) is 0 Å². The first-order valence-corrected chi connectivity index (χ1v) is 8.78. The zero-order valence-corrected chi connectivity index (χ0v) is 14.1. The fourth-order valence-electron chi connectivity index (χ4n) is 1.42. The van der Waals surface area contributed by atoms with Crippen molar-refractivity contribution in [3.8, 4) is 0 Å². The molecule has 0 bridgehead atoms. The lowest BCUT2D eigenvalue weighted by Gasteiger charge is -2.09. The number of sulfonamides is 1. The van der Waals surface area contributed by atoms with Gasteiger partial charge in [-0.25, -0.2) is 17.2 Å². The van der Waals surface area contributed by atoms with Gasteiger partial charge in [0.1, 0.15) is 15.0 Å². The molecule has 0 atom stereocenters. The van der Waals surface area contributed by atoms with Crippen LogP contribution in [0.5, 0.6) is 0 Å². The van der Waals surface area contributed by atoms with Gasteiger partial charge in [0, 0.05) is 10.5 Å². The number of hydrogen-bond donors (Lipinski definition) is 2. The summed E-state index contributed by atoms with van der Waals surface area (Å²) in [5.41, 5.74) is 5.03. The van der Waals surface area contributed by atoms with Crippen LogP contribution in [0.15, 0.2) is 32.9 Å². The van der Waals surface area contributed by atoms with Gasteiger partial charge in [0.25, 0.3) is 10.0 Å². The van der Waals surface area contributed by atoms with E-state index < -0.39 is 21.7 Å². The number of nitrogens with two attached hydrogens (primary N) is 1. The van der Waals surface area contributed by atoms with Crippen molar-refractivity contribution in [2.45, 2.75) is 4.21 Å². The molecule has 0 unspecified atom stereocenters. The zero-order valence-electron chi connectivity index (χ0n) is 10.1. The van der Waals surface area contributed by atoms with Crippen molar-refractivity contribution in [3.05, 3.63) is 45.2 Å². The van der Waals surface area contributed by atoms with Crippen molar-refractivity contribution in [2.75, 3.05) is 4.72 Å². The highest BCUT2D eigenvalue weighted by Gasteiger charge is 2.21. The summed E-state index contributed by atoms with van der Waals surface area (Å²) in [6.45, 7) is 0. The maximum atomic E-state index is 13.7. The van der Waals surface area contributed by atoms with E-state index in [-0.39, 0.29) is 19.4 Å². The van der Waals surface area contributed by atoms with Crippen LogP contribution in [0, 0.1) is 11.6 Å². The molecule has 0 aliphatic rings. The molecule has 21 heavy (non-hydrogen) atoms. The molecule has 4 nitrogen and oxygen atoms in total. The Hall–Kier alpha value is -1.10. The topological polar surface area (TPSA) is 72.2 Å². The van der Waals surface area contributed by atoms with Crippen LogP contribution < -0.4 is 10.5 Å². The predicted octanol–water partition coefficient (Wildman–Crippen LogP) is 3.22. The molecule has 2 rings (SSSR count). The normalized spacial score (nSPS) is 11.4. The number of benzene rings is 1. The van der Waals surface area contributed by atoms with E-state index in [9.17, 15) is 17.2 Å². The predicted molar refractivity (Wildman–Crippen MR) is 85.1 cm³/mol. The van der Waals surface area contributed by atoms with Gasteiger partial charge in [-0.05, 0) is 34.1 Å². The van der Waals surface area contributed by atoms with Crippen molar-refractivity contribution in [3.63, 3.8) is 0 Å². The first-order valence-electron chi connectivity index (χ1n) is 5.27. The molecule has 0 fully saturated rings. The van der Waals surface area contributed by atoms with E-state index in [1.807, 2.05) is 0 Å². The smallest absolute Gasteiger partial charge is 0.271 e. The lowest BCUT2D eigenvalue weighted by atomic mass is 10.3. The summed E-state index contributed by atoms with van der Waals surface area (Å²) in [4.78, 5) is 0.486. The van der Waals surface area contributed by atoms with Crippen LogP contribution >= 0.6 is 39.5 Å². The molecule has 0 spiro atoms. The molecular weight excluding hydrogens is 406 g/mol. The lowest BCUT2D eigenvalue weighted by Crippen LogP contribution is -2.13. The quantitative estimate of drug-likeness (QED) is 0.756. The van der Waals surface area contributed by atoms with Gasteiger partial charge in [-0.15, -0.1) is 11.3 Å². The Kier molecular flexibility index (Phi) is 4.61. The summed E-state index contributed by atoms with van der Waals surface area (Å²) < 4.78 is 52.9. The Labute approximate surface area is 137 Å². The van der Waals surface area contributed by atoms with E-state index in [1.165, 1.54) is 12.1 Å². The van der Waals surface area contributed by atoms with Crippen molar-refractivity contribution >= 4 is 60.2 Å². The van der Waals surface area contributed by atoms with Crippen LogP contribution in [0.25, 0.3) is 0 Å². The van der Waals surface area contributed by atoms with Crippen LogP contribution in [0.2, 0.25) is 0 Å². The summed E-state index contributed by atoms with van der Waals surface area (Å²) in [5, 5.41) is 0. The number of thiophene rings is 1. The van der Waals surface area contributed by atoms with E-state index in [0.717, 1.165) is 17.4 Å². The van der Waals surface area contributed by atoms with Crippen LogP contribution in [0.3, 0.4) is 0 Å². The minimum absolute atomic E-state index is 0.0466. The Morgan fingerprint density at radius 2 is 2.00 bits per heavy atom. The molecule has 1 heterocycles. The van der Waals surface area contributed by atoms with Gasteiger partial charge in [-0.2, -0.15) is 0 Å². The van der Waals surface area contributed by atoms with Crippen molar-refractivity contribution < 1.29 is 17.2 Å². The van der Waals surface area contributed by atoms with Crippen molar-refractivity contribution in [1.82, 2.24) is 0 Å². The molecule has 10 heteroatoms. The fourth-order valence-corrected chi connectivity index (χ4v) is 4.50. The number of thiocarbonyl (C=S) groups is 1. The molecule has 112 valence electrons. The minimum atomic E-state index is -4.02. The monoisotopic (exact) mass is 412 g/mol. The summed E-state index contributed by atoms with van der Waals surface area (Å²) in [5.74, 6) is -1.86. The molecule has 0 amide bonds. The van der Waals surface area contributed by atoms with Crippen LogP contribution in [0.1, 0.15) is 4.88 Å². The number of anilines is 1. The zero-order chi connectivity index (χ0) is 15.8. The third kappa shape index (κ3) is 3.57. The number of halogens is 3. The summed E-state index contributed by atoms with van der Waals surface area (Å²) in [7, 11) is -4.02. The third-order valence-corrected chi connectivity index (χ3v) is 6.27. The van der Waals surface area contributed by atoms with E-state index in [4.69, 9.17) is 18.0 Å². The first-order chi connectivity index (χ1) is 9.70. The van der Waals surface area contributed by atoms with Gasteiger partial charge in [-0.3, -0.25) is 4.72 Å². The van der Waals surface area contributed by atoms with Gasteiger partial charge in [0.15, 0.2) is 5.82 Å². The molecular formula is C11H7BrF2N2O2S3. The fraction of sp³-hybridized carbons (Fsp3) is 0. The minimum Gasteiger partial charge on any atom is -0.389 e. The van der Waals surface area contributed by atoms with Gasteiger partial charge in [0.05, 0.1) is 10.6 Å². The third-order valence-electron chi connectivity index (χ3n) is 2.33. The Balaban J connectivity index is 2.40. The van der Waals surface area contributed by atoms with Crippen molar-refractivity contribution in [1.29, 1.82) is 0 Å². The molecule has 0 saturated carbocycles. The second-order valence-electron chi connectivity index (χ2n) is 3.83. The highest BCUT2D eigenvalue weighted by molar-refractivity contribution is 9.10. The van der Waals surface area contributed by atoms with Gasteiger partial charge < -0.3 is 5.73 Å². The Morgan fingerprint density at radius 3 is 2.52 bits per heavy atom. The second-order valence-corrected chi connectivity index (χ2v) is 8.12. The van der Waals surface area contributed by atoms with E-state index >= 15 is 0 Å². The van der Waals surface area contributed by atoms with Gasteiger partial charge in [-0.1, -0.05) is 12.2 Å². The van der Waals surface area contributed by atoms with Crippen molar-refractivity contribution in [2.24, 2.45) is 5.73 Å². The lowest BCUT2D eigenvalue weighted by molar-refractivity contribution is 0.582. The molecule has 0 aliphatic heterocycles. The first kappa shape index (κ1) is 16.3. The molecule has 0 aliphatic carbocycles. The summed E-state index contributed by atoms with van der Waals surface area (Å²) >= 11 is 8.51. The van der Waals surface area contributed by atoms with E-state index in [1.54, 1.807) is 0 Å². The Bertz CT molecular complexity index is 798. The standard InChI is InChI=1S/C11H7BrF2N2O2S3/c12-6-3-5(13)4-7(14)10(6)16-21(17,18)9-2-1-8(20-9)11(15)19/h1-4,16H,(H2,15,19). The van der Waals surface area contributed by atoms with Gasteiger partial charge >= 0.3 is 0 Å². The summed E-state index contributed by atoms with van der Waals surface area (Å²) in [6.07, 6.45) is 0. The molecule has 0 radical (unpaired) electrons. The largest absolute Gasteiger partial charge is 0.389 e. The molecule has 2 aromatic rings. The van der Waals surface area contributed by atoms with Crippen LogP contribution in [-0.2, 0) is 10.0 Å².